The Morgan fingerprint density at radius 3 is 2.41 bits per heavy atom. The molecule has 0 heterocycles. The van der Waals surface area contributed by atoms with Crippen molar-refractivity contribution in [3.8, 4) is 0 Å². The molecule has 0 bridgehead atoms. The third-order valence-corrected chi connectivity index (χ3v) is 1.96. The minimum Gasteiger partial charge on any atom is -0.343 e. The summed E-state index contributed by atoms with van der Waals surface area (Å²) in [5.74, 6) is 0. The lowest BCUT2D eigenvalue weighted by atomic mass is 10.2. The zero-order chi connectivity index (χ0) is 12.9. The Labute approximate surface area is 95.9 Å². The molecule has 1 rings (SSSR count). The molecule has 1 aromatic carbocycles. The average Bonchev–Trinajstić information content (AvgIpc) is 2.29. The Bertz CT molecular complexity index is 356. The number of nitrogens with zero attached hydrogens (tertiary/aromatic N) is 2. The maximum atomic E-state index is 12.0. The van der Waals surface area contributed by atoms with Crippen molar-refractivity contribution in [2.45, 2.75) is 12.4 Å². The summed E-state index contributed by atoms with van der Waals surface area (Å²) in [5, 5.41) is 3.35. The van der Waals surface area contributed by atoms with E-state index in [4.69, 9.17) is 0 Å². The number of halogens is 3. The summed E-state index contributed by atoms with van der Waals surface area (Å²) >= 11 is 0. The zero-order valence-electron chi connectivity index (χ0n) is 9.02. The van der Waals surface area contributed by atoms with Crippen LogP contribution in [0, 0.1) is 4.91 Å². The molecule has 94 valence electrons. The molecular formula is C10H11F3N2O2. The van der Waals surface area contributed by atoms with Gasteiger partial charge < -0.3 is 4.74 Å². The summed E-state index contributed by atoms with van der Waals surface area (Å²) in [6.07, 6.45) is -5.59. The van der Waals surface area contributed by atoms with Crippen molar-refractivity contribution >= 4 is 0 Å². The first-order chi connectivity index (χ1) is 7.94. The predicted octanol–water partition coefficient (Wildman–Crippen LogP) is 2.88. The fourth-order valence-corrected chi connectivity index (χ4v) is 1.25. The molecule has 1 aromatic rings. The van der Waals surface area contributed by atoms with Crippen molar-refractivity contribution in [1.29, 1.82) is 0 Å². The van der Waals surface area contributed by atoms with Gasteiger partial charge in [-0.1, -0.05) is 30.3 Å². The molecule has 0 amide bonds. The Hall–Kier alpha value is -1.63. The molecule has 17 heavy (non-hydrogen) atoms. The lowest BCUT2D eigenvalue weighted by molar-refractivity contribution is -0.203. The quantitative estimate of drug-likeness (QED) is 0.457. The number of benzene rings is 1. The summed E-state index contributed by atoms with van der Waals surface area (Å²) in [5.41, 5.74) is 0.429. The molecule has 7 heteroatoms. The Balaban J connectivity index is 2.78. The standard InChI is InChI=1S/C10H11F3N2O2/c1-15(14-16)9(17-7-10(11,12)13)8-5-3-2-4-6-8/h2-6,9H,7H2,1H3. The highest BCUT2D eigenvalue weighted by Gasteiger charge is 2.31. The smallest absolute Gasteiger partial charge is 0.343 e. The van der Waals surface area contributed by atoms with E-state index in [9.17, 15) is 18.1 Å². The van der Waals surface area contributed by atoms with Crippen LogP contribution in [0.1, 0.15) is 11.8 Å². The van der Waals surface area contributed by atoms with Crippen LogP contribution in [0.2, 0.25) is 0 Å². The minimum absolute atomic E-state index is 0.429. The van der Waals surface area contributed by atoms with Gasteiger partial charge in [0.2, 0.25) is 0 Å². The molecule has 0 aliphatic carbocycles. The molecule has 0 saturated carbocycles. The number of hydrogen-bond acceptors (Lipinski definition) is 3. The lowest BCUT2D eigenvalue weighted by Gasteiger charge is -2.23. The molecule has 0 N–H and O–H groups in total. The summed E-state index contributed by atoms with van der Waals surface area (Å²) in [6.45, 7) is -1.44. The first-order valence-electron chi connectivity index (χ1n) is 4.73. The van der Waals surface area contributed by atoms with Crippen molar-refractivity contribution < 1.29 is 17.9 Å². The summed E-state index contributed by atoms with van der Waals surface area (Å²) < 4.78 is 40.8. The number of ether oxygens (including phenoxy) is 1. The highest BCUT2D eigenvalue weighted by molar-refractivity contribution is 5.17. The van der Waals surface area contributed by atoms with E-state index in [1.165, 1.54) is 7.05 Å². The van der Waals surface area contributed by atoms with E-state index >= 15 is 0 Å². The fraction of sp³-hybridized carbons (Fsp3) is 0.400. The topological polar surface area (TPSA) is 41.9 Å². The monoisotopic (exact) mass is 248 g/mol. The summed E-state index contributed by atoms with van der Waals surface area (Å²) in [6, 6.07) is 8.10. The molecule has 4 nitrogen and oxygen atoms in total. The van der Waals surface area contributed by atoms with E-state index in [0.29, 0.717) is 5.56 Å². The van der Waals surface area contributed by atoms with Crippen LogP contribution in [-0.2, 0) is 4.74 Å². The maximum Gasteiger partial charge on any atom is 0.411 e. The van der Waals surface area contributed by atoms with Gasteiger partial charge in [0.25, 0.3) is 0 Å². The number of alkyl halides is 3. The normalized spacial score (nSPS) is 13.2. The predicted molar refractivity (Wildman–Crippen MR) is 54.7 cm³/mol. The first kappa shape index (κ1) is 13.4. The van der Waals surface area contributed by atoms with E-state index < -0.39 is 19.0 Å². The number of hydrogen-bond donors (Lipinski definition) is 0. The zero-order valence-corrected chi connectivity index (χ0v) is 9.02. The third-order valence-electron chi connectivity index (χ3n) is 1.96. The van der Waals surface area contributed by atoms with Crippen molar-refractivity contribution in [2.24, 2.45) is 5.29 Å². The van der Waals surface area contributed by atoms with E-state index in [1.807, 2.05) is 0 Å². The molecule has 1 unspecified atom stereocenters. The van der Waals surface area contributed by atoms with E-state index in [-0.39, 0.29) is 0 Å². The van der Waals surface area contributed by atoms with Gasteiger partial charge in [-0.15, -0.1) is 4.91 Å². The van der Waals surface area contributed by atoms with Crippen LogP contribution in [0.25, 0.3) is 0 Å². The summed E-state index contributed by atoms with van der Waals surface area (Å²) in [4.78, 5) is 10.4. The second kappa shape index (κ2) is 5.62. The molecular weight excluding hydrogens is 237 g/mol. The van der Waals surface area contributed by atoms with Crippen LogP contribution in [0.4, 0.5) is 13.2 Å². The van der Waals surface area contributed by atoms with E-state index in [1.54, 1.807) is 30.3 Å². The molecule has 0 aromatic heterocycles. The molecule has 0 spiro atoms. The minimum atomic E-state index is -4.45. The Kier molecular flexibility index (Phi) is 4.45. The van der Waals surface area contributed by atoms with Gasteiger partial charge in [0, 0.05) is 12.6 Å². The van der Waals surface area contributed by atoms with Crippen LogP contribution in [0.3, 0.4) is 0 Å². The van der Waals surface area contributed by atoms with Crippen LogP contribution >= 0.6 is 0 Å². The number of rotatable bonds is 5. The van der Waals surface area contributed by atoms with Crippen molar-refractivity contribution in [3.05, 3.63) is 40.8 Å². The van der Waals surface area contributed by atoms with Gasteiger partial charge in [-0.05, 0) is 0 Å². The van der Waals surface area contributed by atoms with Crippen molar-refractivity contribution in [3.63, 3.8) is 0 Å². The van der Waals surface area contributed by atoms with Gasteiger partial charge in [0.15, 0.2) is 6.23 Å². The largest absolute Gasteiger partial charge is 0.411 e. The highest BCUT2D eigenvalue weighted by Crippen LogP contribution is 2.24. The van der Waals surface area contributed by atoms with Crippen molar-refractivity contribution in [1.82, 2.24) is 5.01 Å². The van der Waals surface area contributed by atoms with Gasteiger partial charge in [-0.2, -0.15) is 13.2 Å². The van der Waals surface area contributed by atoms with Crippen LogP contribution in [0.15, 0.2) is 35.6 Å². The van der Waals surface area contributed by atoms with E-state index in [0.717, 1.165) is 5.01 Å². The van der Waals surface area contributed by atoms with Crippen molar-refractivity contribution in [2.75, 3.05) is 13.7 Å². The number of nitroso groups, excluding NO2 is 1. The molecule has 0 fully saturated rings. The molecule has 0 aliphatic heterocycles. The SMILES string of the molecule is CN(N=O)C(OCC(F)(F)F)c1ccccc1. The van der Waals surface area contributed by atoms with Gasteiger partial charge in [0.05, 0.1) is 5.29 Å². The lowest BCUT2D eigenvalue weighted by Crippen LogP contribution is -2.27. The molecule has 0 saturated heterocycles. The van der Waals surface area contributed by atoms with Gasteiger partial charge >= 0.3 is 6.18 Å². The average molecular weight is 248 g/mol. The van der Waals surface area contributed by atoms with Gasteiger partial charge in [0.1, 0.15) is 6.61 Å². The van der Waals surface area contributed by atoms with Gasteiger partial charge in [-0.3, -0.25) is 0 Å². The molecule has 1 atom stereocenters. The Morgan fingerprint density at radius 2 is 1.94 bits per heavy atom. The first-order valence-corrected chi connectivity index (χ1v) is 4.73. The van der Waals surface area contributed by atoms with Crippen LogP contribution in [0.5, 0.6) is 0 Å². The third kappa shape index (κ3) is 4.39. The van der Waals surface area contributed by atoms with Crippen LogP contribution in [-0.4, -0.2) is 24.8 Å². The molecule has 0 aliphatic rings. The molecule has 0 radical (unpaired) electrons. The summed E-state index contributed by atoms with van der Waals surface area (Å²) in [7, 11) is 1.25. The Morgan fingerprint density at radius 1 is 1.35 bits per heavy atom. The van der Waals surface area contributed by atoms with Crippen LogP contribution < -0.4 is 0 Å². The highest BCUT2D eigenvalue weighted by atomic mass is 19.4. The van der Waals surface area contributed by atoms with E-state index in [2.05, 4.69) is 10.0 Å². The second-order valence-corrected chi connectivity index (χ2v) is 3.34. The second-order valence-electron chi connectivity index (χ2n) is 3.34. The van der Waals surface area contributed by atoms with Gasteiger partial charge in [-0.25, -0.2) is 5.01 Å². The fourth-order valence-electron chi connectivity index (χ4n) is 1.25. The maximum absolute atomic E-state index is 12.0.